The Morgan fingerprint density at radius 3 is 2.62 bits per heavy atom. The minimum absolute atomic E-state index is 0.0632. The molecule has 4 heterocycles. The number of allylic oxidation sites excluding steroid dienone is 1. The molecular formula is C31H40O9. The Bertz CT molecular complexity index is 1270. The molecule has 9 heteroatoms. The summed E-state index contributed by atoms with van der Waals surface area (Å²) in [5.41, 5.74) is 0.886. The summed E-state index contributed by atoms with van der Waals surface area (Å²) in [6.07, 6.45) is 4.16. The Morgan fingerprint density at radius 2 is 1.98 bits per heavy atom. The Balaban J connectivity index is 1.54. The van der Waals surface area contributed by atoms with Gasteiger partial charge in [-0.05, 0) is 42.7 Å². The number of cyclic esters (lactones) is 1. The van der Waals surface area contributed by atoms with Crippen LogP contribution in [0.4, 0.5) is 0 Å². The predicted molar refractivity (Wildman–Crippen MR) is 140 cm³/mol. The molecule has 0 aromatic carbocycles. The van der Waals surface area contributed by atoms with Gasteiger partial charge in [0.2, 0.25) is 0 Å². The molecule has 40 heavy (non-hydrogen) atoms. The summed E-state index contributed by atoms with van der Waals surface area (Å²) in [4.78, 5) is 38.9. The zero-order chi connectivity index (χ0) is 28.8. The molecule has 0 spiro atoms. The molecule has 218 valence electrons. The highest BCUT2D eigenvalue weighted by Gasteiger charge is 2.79. The minimum Gasteiger partial charge on any atom is -0.472 e. The number of aliphatic hydroxyl groups is 1. The van der Waals surface area contributed by atoms with Crippen LogP contribution in [-0.4, -0.2) is 48.6 Å². The highest BCUT2D eigenvalue weighted by Crippen LogP contribution is 2.74. The molecule has 1 aromatic rings. The van der Waals surface area contributed by atoms with E-state index >= 15 is 0 Å². The van der Waals surface area contributed by atoms with Gasteiger partial charge in [0.05, 0.1) is 44.5 Å². The van der Waals surface area contributed by atoms with Crippen LogP contribution in [-0.2, 0) is 33.3 Å². The number of rotatable bonds is 5. The summed E-state index contributed by atoms with van der Waals surface area (Å²) in [7, 11) is 1.36. The van der Waals surface area contributed by atoms with Crippen LogP contribution in [0.3, 0.4) is 0 Å². The third-order valence-corrected chi connectivity index (χ3v) is 11.3. The van der Waals surface area contributed by atoms with Crippen molar-refractivity contribution in [2.45, 2.75) is 84.7 Å². The smallest absolute Gasteiger partial charge is 0.310 e. The molecule has 1 unspecified atom stereocenters. The van der Waals surface area contributed by atoms with Crippen molar-refractivity contribution in [2.24, 2.45) is 39.9 Å². The van der Waals surface area contributed by atoms with E-state index in [2.05, 4.69) is 6.92 Å². The van der Waals surface area contributed by atoms with Crippen molar-refractivity contribution in [2.75, 3.05) is 13.7 Å². The first-order chi connectivity index (χ1) is 18.8. The van der Waals surface area contributed by atoms with Crippen LogP contribution in [0.25, 0.3) is 0 Å². The maximum atomic E-state index is 13.1. The molecule has 3 saturated heterocycles. The van der Waals surface area contributed by atoms with E-state index in [1.54, 1.807) is 26.4 Å². The molecule has 7 rings (SSSR count). The van der Waals surface area contributed by atoms with Crippen LogP contribution < -0.4 is 0 Å². The summed E-state index contributed by atoms with van der Waals surface area (Å²) in [6, 6.07) is 1.84. The van der Waals surface area contributed by atoms with E-state index in [1.807, 2.05) is 19.9 Å². The van der Waals surface area contributed by atoms with Gasteiger partial charge >= 0.3 is 17.9 Å². The molecule has 3 aliphatic carbocycles. The Hall–Kier alpha value is -2.65. The SMILES string of the molecule is COC(=O)C[C@H]1[C@@]2(C)CO[C@@]3(O)C(CC4=C5CC(=O)O[C@@H](c6ccoc6)[C@]5(C)CC[C@@H]4[C@]13C)[C@H]2OC(=O)C(C)C. The van der Waals surface area contributed by atoms with Crippen LogP contribution in [0.15, 0.2) is 34.2 Å². The van der Waals surface area contributed by atoms with Gasteiger partial charge in [0.1, 0.15) is 12.2 Å². The van der Waals surface area contributed by atoms with Gasteiger partial charge in [-0.2, -0.15) is 0 Å². The minimum atomic E-state index is -1.62. The summed E-state index contributed by atoms with van der Waals surface area (Å²) in [6.45, 7) is 9.91. The Labute approximate surface area is 234 Å². The molecule has 5 fully saturated rings. The number of methoxy groups -OCH3 is 1. The normalized spacial score (nSPS) is 43.6. The molecule has 9 nitrogen and oxygen atoms in total. The highest BCUT2D eigenvalue weighted by atomic mass is 16.6. The second-order valence-electron chi connectivity index (χ2n) is 13.5. The van der Waals surface area contributed by atoms with Crippen LogP contribution in [0.2, 0.25) is 0 Å². The lowest BCUT2D eigenvalue weighted by Gasteiger charge is -2.74. The molecule has 4 bridgehead atoms. The molecule has 1 aromatic heterocycles. The van der Waals surface area contributed by atoms with Crippen LogP contribution in [0, 0.1) is 39.9 Å². The maximum absolute atomic E-state index is 13.1. The van der Waals surface area contributed by atoms with Gasteiger partial charge in [0.15, 0.2) is 5.79 Å². The first-order valence-electron chi connectivity index (χ1n) is 14.4. The van der Waals surface area contributed by atoms with E-state index in [4.69, 9.17) is 23.4 Å². The second kappa shape index (κ2) is 8.92. The highest BCUT2D eigenvalue weighted by molar-refractivity contribution is 5.76. The van der Waals surface area contributed by atoms with Crippen molar-refractivity contribution in [3.05, 3.63) is 35.3 Å². The molecule has 2 saturated carbocycles. The number of esters is 3. The number of ether oxygens (including phenoxy) is 4. The van der Waals surface area contributed by atoms with Crippen LogP contribution >= 0.6 is 0 Å². The maximum Gasteiger partial charge on any atom is 0.310 e. The van der Waals surface area contributed by atoms with E-state index in [0.717, 1.165) is 29.6 Å². The van der Waals surface area contributed by atoms with Crippen molar-refractivity contribution < 1.29 is 42.9 Å². The first-order valence-corrected chi connectivity index (χ1v) is 14.4. The largest absolute Gasteiger partial charge is 0.472 e. The van der Waals surface area contributed by atoms with Crippen molar-refractivity contribution in [3.8, 4) is 0 Å². The third-order valence-electron chi connectivity index (χ3n) is 11.3. The summed E-state index contributed by atoms with van der Waals surface area (Å²) in [5, 5.41) is 12.5. The topological polar surface area (TPSA) is 122 Å². The van der Waals surface area contributed by atoms with Gasteiger partial charge < -0.3 is 28.5 Å². The van der Waals surface area contributed by atoms with E-state index in [-0.39, 0.29) is 49.2 Å². The van der Waals surface area contributed by atoms with Gasteiger partial charge in [-0.15, -0.1) is 0 Å². The molecule has 0 radical (unpaired) electrons. The van der Waals surface area contributed by atoms with Gasteiger partial charge in [-0.3, -0.25) is 14.4 Å². The lowest BCUT2D eigenvalue weighted by molar-refractivity contribution is -0.438. The van der Waals surface area contributed by atoms with Crippen molar-refractivity contribution in [1.29, 1.82) is 0 Å². The molecule has 9 atom stereocenters. The molecular weight excluding hydrogens is 516 g/mol. The second-order valence-corrected chi connectivity index (χ2v) is 13.5. The third kappa shape index (κ3) is 3.43. The van der Waals surface area contributed by atoms with E-state index < -0.39 is 46.1 Å². The van der Waals surface area contributed by atoms with Crippen molar-refractivity contribution in [1.82, 2.24) is 0 Å². The fourth-order valence-electron chi connectivity index (χ4n) is 9.24. The average molecular weight is 557 g/mol. The number of hydrogen-bond acceptors (Lipinski definition) is 9. The van der Waals surface area contributed by atoms with Gasteiger partial charge in [-0.25, -0.2) is 0 Å². The van der Waals surface area contributed by atoms with Gasteiger partial charge in [0.25, 0.3) is 0 Å². The molecule has 6 aliphatic rings. The zero-order valence-corrected chi connectivity index (χ0v) is 24.2. The predicted octanol–water partition coefficient (Wildman–Crippen LogP) is 4.49. The number of fused-ring (bicyclic) bond motifs is 3. The summed E-state index contributed by atoms with van der Waals surface area (Å²) in [5.74, 6) is -4.09. The summed E-state index contributed by atoms with van der Waals surface area (Å²) >= 11 is 0. The molecule has 1 N–H and O–H groups in total. The van der Waals surface area contributed by atoms with Crippen molar-refractivity contribution >= 4 is 17.9 Å². The van der Waals surface area contributed by atoms with E-state index in [1.165, 1.54) is 7.11 Å². The molecule has 0 amide bonds. The number of carbonyl (C=O) groups excluding carboxylic acids is 3. The fourth-order valence-corrected chi connectivity index (χ4v) is 9.24. The Kier molecular flexibility index (Phi) is 6.14. The van der Waals surface area contributed by atoms with Gasteiger partial charge in [-0.1, -0.05) is 40.2 Å². The summed E-state index contributed by atoms with van der Waals surface area (Å²) < 4.78 is 29.0. The fraction of sp³-hybridized carbons (Fsp3) is 0.710. The molecule has 3 aliphatic heterocycles. The lowest BCUT2D eigenvalue weighted by atomic mass is 9.37. The van der Waals surface area contributed by atoms with E-state index in [9.17, 15) is 19.5 Å². The Morgan fingerprint density at radius 1 is 1.23 bits per heavy atom. The number of furan rings is 1. The van der Waals surface area contributed by atoms with Gasteiger partial charge in [0, 0.05) is 28.2 Å². The lowest BCUT2D eigenvalue weighted by Crippen LogP contribution is -2.80. The van der Waals surface area contributed by atoms with E-state index in [0.29, 0.717) is 6.42 Å². The van der Waals surface area contributed by atoms with Crippen molar-refractivity contribution in [3.63, 3.8) is 0 Å². The standard InChI is InChI=1S/C31H40O9/c1-16(2)27(34)40-26-21-11-18-19(30(5)22(13-23(32)36-6)29(26,4)15-38-31(21,30)35)7-9-28(3)20(18)12-24(33)39-25(28)17-8-10-37-14-17/h8,10,14,16,19,21-22,25-26,35H,7,9,11-13,15H2,1-6H3/t19-,21?,22-,25-,26+,28+,29+,30+,31-/m0/s1. The van der Waals surface area contributed by atoms with Crippen LogP contribution in [0.5, 0.6) is 0 Å². The first kappa shape index (κ1) is 27.5. The number of hydrogen-bond donors (Lipinski definition) is 1. The average Bonchev–Trinajstić information content (AvgIpc) is 3.44. The monoisotopic (exact) mass is 556 g/mol. The quantitative estimate of drug-likeness (QED) is 0.318. The van der Waals surface area contributed by atoms with Crippen LogP contribution in [0.1, 0.15) is 78.4 Å². The zero-order valence-electron chi connectivity index (χ0n) is 24.2. The number of carbonyl (C=O) groups is 3.